The standard InChI is InChI=1S/C31H28ClFN2O4/c1-18-9-16-27(34-28-25(32)7-4-8-26(28)33)24(17-18)23(31(38)39)15-12-19-10-13-20(14-11-19)35-29(36)21-5-2-3-6-22(21)30(35)37/h2-11,13-14,16-17,23,29-30,34,36-37H,12,15H2,1H3,(H,38,39). The molecule has 0 aliphatic carbocycles. The molecule has 8 heteroatoms. The summed E-state index contributed by atoms with van der Waals surface area (Å²) >= 11 is 6.20. The van der Waals surface area contributed by atoms with Gasteiger partial charge in [-0.15, -0.1) is 0 Å². The van der Waals surface area contributed by atoms with Gasteiger partial charge in [-0.1, -0.05) is 71.8 Å². The molecule has 4 aromatic rings. The first-order chi connectivity index (χ1) is 18.7. The van der Waals surface area contributed by atoms with Gasteiger partial charge in [0.05, 0.1) is 16.6 Å². The minimum atomic E-state index is -0.985. The number of carbonyl (C=O) groups is 1. The van der Waals surface area contributed by atoms with E-state index in [9.17, 15) is 24.5 Å². The highest BCUT2D eigenvalue weighted by molar-refractivity contribution is 6.33. The lowest BCUT2D eigenvalue weighted by molar-refractivity contribution is -0.138. The van der Waals surface area contributed by atoms with E-state index < -0.39 is 30.2 Å². The van der Waals surface area contributed by atoms with Crippen molar-refractivity contribution in [3.63, 3.8) is 0 Å². The molecule has 1 aliphatic heterocycles. The molecule has 200 valence electrons. The summed E-state index contributed by atoms with van der Waals surface area (Å²) in [6, 6.07) is 24.3. The summed E-state index contributed by atoms with van der Waals surface area (Å²) in [7, 11) is 0. The maximum atomic E-state index is 14.4. The third-order valence-corrected chi connectivity index (χ3v) is 7.45. The second-order valence-electron chi connectivity index (χ2n) is 9.69. The van der Waals surface area contributed by atoms with Gasteiger partial charge in [0.25, 0.3) is 0 Å². The molecule has 0 aromatic heterocycles. The summed E-state index contributed by atoms with van der Waals surface area (Å²) in [6.45, 7) is 1.88. The molecular weight excluding hydrogens is 519 g/mol. The molecule has 1 aliphatic rings. The van der Waals surface area contributed by atoms with Crippen LogP contribution in [0, 0.1) is 12.7 Å². The van der Waals surface area contributed by atoms with E-state index in [4.69, 9.17) is 11.6 Å². The van der Waals surface area contributed by atoms with E-state index in [1.165, 1.54) is 17.0 Å². The first-order valence-corrected chi connectivity index (χ1v) is 13.0. The summed E-state index contributed by atoms with van der Waals surface area (Å²) in [6.07, 6.45) is -1.16. The smallest absolute Gasteiger partial charge is 0.311 e. The fourth-order valence-electron chi connectivity index (χ4n) is 5.09. The van der Waals surface area contributed by atoms with Crippen LogP contribution in [0.5, 0.6) is 0 Å². The Morgan fingerprint density at radius 3 is 2.26 bits per heavy atom. The van der Waals surface area contributed by atoms with Gasteiger partial charge in [0.1, 0.15) is 5.82 Å². The molecule has 0 saturated heterocycles. The van der Waals surface area contributed by atoms with Crippen LogP contribution in [0.25, 0.3) is 0 Å². The van der Waals surface area contributed by atoms with Crippen molar-refractivity contribution in [3.05, 3.63) is 124 Å². The van der Waals surface area contributed by atoms with E-state index in [1.807, 2.05) is 49.4 Å². The number of rotatable bonds is 8. The molecule has 0 fully saturated rings. The summed E-state index contributed by atoms with van der Waals surface area (Å²) in [5, 5.41) is 34.8. The normalized spacial score (nSPS) is 17.1. The van der Waals surface area contributed by atoms with E-state index in [0.29, 0.717) is 40.9 Å². The summed E-state index contributed by atoms with van der Waals surface area (Å²) < 4.78 is 14.4. The number of para-hydroxylation sites is 1. The molecule has 5 rings (SSSR count). The molecule has 0 amide bonds. The number of nitrogens with zero attached hydrogens (tertiary/aromatic N) is 1. The summed E-state index contributed by atoms with van der Waals surface area (Å²) in [5.41, 5.74) is 4.88. The van der Waals surface area contributed by atoms with Gasteiger partial charge in [0, 0.05) is 22.5 Å². The molecule has 3 unspecified atom stereocenters. The summed E-state index contributed by atoms with van der Waals surface area (Å²) in [4.78, 5) is 13.9. The molecule has 0 saturated carbocycles. The molecule has 4 N–H and O–H groups in total. The number of hydrogen-bond donors (Lipinski definition) is 4. The number of carboxylic acids is 1. The van der Waals surface area contributed by atoms with Crippen LogP contribution in [-0.4, -0.2) is 21.3 Å². The molecule has 3 atom stereocenters. The molecule has 1 heterocycles. The van der Waals surface area contributed by atoms with Crippen molar-refractivity contribution in [1.82, 2.24) is 0 Å². The highest BCUT2D eigenvalue weighted by atomic mass is 35.5. The highest BCUT2D eigenvalue weighted by Gasteiger charge is 2.36. The van der Waals surface area contributed by atoms with Crippen molar-refractivity contribution >= 4 is 34.6 Å². The molecule has 39 heavy (non-hydrogen) atoms. The SMILES string of the molecule is Cc1ccc(Nc2c(F)cccc2Cl)c(C(CCc2ccc(N3C(O)c4ccccc4C3O)cc2)C(=O)O)c1. The third kappa shape index (κ3) is 5.34. The number of benzene rings is 4. The van der Waals surface area contributed by atoms with Crippen LogP contribution in [0.15, 0.2) is 84.9 Å². The van der Waals surface area contributed by atoms with Crippen LogP contribution in [-0.2, 0) is 11.2 Å². The molecule has 6 nitrogen and oxygen atoms in total. The Hall–Kier alpha value is -3.91. The van der Waals surface area contributed by atoms with Gasteiger partial charge in [0.15, 0.2) is 12.5 Å². The van der Waals surface area contributed by atoms with E-state index in [2.05, 4.69) is 5.32 Å². The van der Waals surface area contributed by atoms with Gasteiger partial charge in [-0.3, -0.25) is 4.79 Å². The minimum absolute atomic E-state index is 0.0948. The van der Waals surface area contributed by atoms with Gasteiger partial charge in [-0.2, -0.15) is 0 Å². The Kier molecular flexibility index (Phi) is 7.57. The Labute approximate surface area is 230 Å². The van der Waals surface area contributed by atoms with Gasteiger partial charge >= 0.3 is 5.97 Å². The van der Waals surface area contributed by atoms with Crippen LogP contribution in [0.2, 0.25) is 5.02 Å². The number of aliphatic hydroxyl groups is 2. The summed E-state index contributed by atoms with van der Waals surface area (Å²) in [5.74, 6) is -2.37. The number of anilines is 3. The number of hydrogen-bond acceptors (Lipinski definition) is 5. The van der Waals surface area contributed by atoms with Gasteiger partial charge in [-0.05, 0) is 61.2 Å². The fraction of sp³-hybridized carbons (Fsp3) is 0.194. The molecule has 0 radical (unpaired) electrons. The van der Waals surface area contributed by atoms with Crippen LogP contribution >= 0.6 is 11.6 Å². The number of halogens is 2. The molecular formula is C31H28ClFN2O4. The lowest BCUT2D eigenvalue weighted by Crippen LogP contribution is -2.25. The van der Waals surface area contributed by atoms with Crippen LogP contribution < -0.4 is 10.2 Å². The second kappa shape index (κ2) is 11.1. The number of nitrogens with one attached hydrogen (secondary N) is 1. The van der Waals surface area contributed by atoms with Gasteiger partial charge < -0.3 is 25.5 Å². The Bertz CT molecular complexity index is 1460. The van der Waals surface area contributed by atoms with Crippen molar-refractivity contribution < 1.29 is 24.5 Å². The van der Waals surface area contributed by atoms with E-state index in [-0.39, 0.29) is 10.7 Å². The predicted octanol–water partition coefficient (Wildman–Crippen LogP) is 6.83. The monoisotopic (exact) mass is 546 g/mol. The molecule has 0 bridgehead atoms. The minimum Gasteiger partial charge on any atom is -0.481 e. The number of aliphatic hydroxyl groups excluding tert-OH is 2. The Morgan fingerprint density at radius 1 is 0.974 bits per heavy atom. The third-order valence-electron chi connectivity index (χ3n) is 7.14. The Morgan fingerprint density at radius 2 is 1.64 bits per heavy atom. The van der Waals surface area contributed by atoms with E-state index in [1.54, 1.807) is 30.3 Å². The average Bonchev–Trinajstić information content (AvgIpc) is 3.17. The first-order valence-electron chi connectivity index (χ1n) is 12.6. The van der Waals surface area contributed by atoms with Crippen molar-refractivity contribution in [3.8, 4) is 0 Å². The zero-order valence-corrected chi connectivity index (χ0v) is 21.9. The first kappa shape index (κ1) is 26.7. The number of fused-ring (bicyclic) bond motifs is 1. The van der Waals surface area contributed by atoms with E-state index in [0.717, 1.165) is 11.1 Å². The van der Waals surface area contributed by atoms with Gasteiger partial charge in [0.2, 0.25) is 0 Å². The zero-order chi connectivity index (χ0) is 27.7. The lowest BCUT2D eigenvalue weighted by Gasteiger charge is -2.27. The zero-order valence-electron chi connectivity index (χ0n) is 21.2. The second-order valence-corrected chi connectivity index (χ2v) is 10.1. The highest BCUT2D eigenvalue weighted by Crippen LogP contribution is 2.42. The van der Waals surface area contributed by atoms with Crippen molar-refractivity contribution in [2.45, 2.75) is 38.1 Å². The number of carboxylic acid groups (broad SMARTS) is 1. The molecule has 0 spiro atoms. The van der Waals surface area contributed by atoms with Crippen LogP contribution in [0.4, 0.5) is 21.5 Å². The molecule has 4 aromatic carbocycles. The van der Waals surface area contributed by atoms with Crippen LogP contribution in [0.1, 0.15) is 52.6 Å². The lowest BCUT2D eigenvalue weighted by atomic mass is 9.90. The van der Waals surface area contributed by atoms with Crippen LogP contribution in [0.3, 0.4) is 0 Å². The number of aliphatic carboxylic acids is 1. The largest absolute Gasteiger partial charge is 0.481 e. The maximum absolute atomic E-state index is 14.4. The maximum Gasteiger partial charge on any atom is 0.311 e. The Balaban J connectivity index is 1.35. The fourth-order valence-corrected chi connectivity index (χ4v) is 5.30. The van der Waals surface area contributed by atoms with Crippen molar-refractivity contribution in [2.24, 2.45) is 0 Å². The average molecular weight is 547 g/mol. The topological polar surface area (TPSA) is 93.0 Å². The van der Waals surface area contributed by atoms with Gasteiger partial charge in [-0.25, -0.2) is 4.39 Å². The van der Waals surface area contributed by atoms with Crippen molar-refractivity contribution in [2.75, 3.05) is 10.2 Å². The van der Waals surface area contributed by atoms with Crippen molar-refractivity contribution in [1.29, 1.82) is 0 Å². The number of aryl methyl sites for hydroxylation is 2. The quantitative estimate of drug-likeness (QED) is 0.193. The predicted molar refractivity (Wildman–Crippen MR) is 150 cm³/mol. The van der Waals surface area contributed by atoms with E-state index >= 15 is 0 Å².